The first-order valence-electron chi connectivity index (χ1n) is 9.61. The molecule has 28 heavy (non-hydrogen) atoms. The van der Waals surface area contributed by atoms with Crippen LogP contribution in [0.25, 0.3) is 0 Å². The van der Waals surface area contributed by atoms with Crippen LogP contribution in [0.5, 0.6) is 5.88 Å². The Balaban J connectivity index is 0.000000706. The Labute approximate surface area is 164 Å². The molecule has 1 unspecified atom stereocenters. The fourth-order valence-electron chi connectivity index (χ4n) is 3.84. The summed E-state index contributed by atoms with van der Waals surface area (Å²) in [7, 11) is 0. The van der Waals surface area contributed by atoms with Crippen molar-refractivity contribution in [3.63, 3.8) is 0 Å². The van der Waals surface area contributed by atoms with Gasteiger partial charge in [-0.2, -0.15) is 4.98 Å². The lowest BCUT2D eigenvalue weighted by atomic mass is 9.83. The molecule has 0 bridgehead atoms. The summed E-state index contributed by atoms with van der Waals surface area (Å²) in [6, 6.07) is 8.79. The second-order valence-electron chi connectivity index (χ2n) is 7.13. The zero-order chi connectivity index (χ0) is 20.1. The molecule has 1 aromatic heterocycles. The molecule has 1 fully saturated rings. The van der Waals surface area contributed by atoms with E-state index in [0.29, 0.717) is 29.1 Å². The highest BCUT2D eigenvalue weighted by Gasteiger charge is 2.26. The van der Waals surface area contributed by atoms with Gasteiger partial charge in [0.1, 0.15) is 11.9 Å². The maximum absolute atomic E-state index is 8.36. The van der Waals surface area contributed by atoms with Crippen LogP contribution in [0.2, 0.25) is 0 Å². The Morgan fingerprint density at radius 1 is 1.14 bits per heavy atom. The van der Waals surface area contributed by atoms with Crippen molar-refractivity contribution in [2.24, 2.45) is 4.99 Å². The number of aryl methyl sites for hydroxylation is 1. The third kappa shape index (κ3) is 4.30. The van der Waals surface area contributed by atoms with Gasteiger partial charge in [0, 0.05) is 0 Å². The Morgan fingerprint density at radius 2 is 1.79 bits per heavy atom. The number of carbonyl (C=O) groups is 1. The lowest BCUT2D eigenvalue weighted by Crippen LogP contribution is -2.28. The summed E-state index contributed by atoms with van der Waals surface area (Å²) in [4.78, 5) is 21.6. The molecule has 3 N–H and O–H groups in total. The van der Waals surface area contributed by atoms with E-state index in [2.05, 4.69) is 34.2 Å². The number of ether oxygens (including phenoxy) is 1. The van der Waals surface area contributed by atoms with E-state index < -0.39 is 0 Å². The highest BCUT2D eigenvalue weighted by molar-refractivity contribution is 6.06. The molecular weight excluding hydrogens is 356 g/mol. The monoisotopic (exact) mass is 382 g/mol. The van der Waals surface area contributed by atoms with E-state index in [4.69, 9.17) is 25.4 Å². The van der Waals surface area contributed by atoms with Crippen molar-refractivity contribution in [2.45, 2.75) is 58.0 Å². The van der Waals surface area contributed by atoms with E-state index in [9.17, 15) is 0 Å². The number of hydrogen-bond acceptors (Lipinski definition) is 6. The molecule has 1 atom stereocenters. The van der Waals surface area contributed by atoms with E-state index in [1.54, 1.807) is 6.92 Å². The molecular formula is C21H26N4O3. The van der Waals surface area contributed by atoms with Gasteiger partial charge in [-0.15, -0.1) is 0 Å². The van der Waals surface area contributed by atoms with Crippen molar-refractivity contribution in [1.82, 2.24) is 9.97 Å². The van der Waals surface area contributed by atoms with E-state index in [-0.39, 0.29) is 12.6 Å². The van der Waals surface area contributed by atoms with Crippen molar-refractivity contribution in [3.8, 4) is 5.88 Å². The van der Waals surface area contributed by atoms with Crippen LogP contribution in [0.4, 0.5) is 11.5 Å². The average Bonchev–Trinajstić information content (AvgIpc) is 2.69. The van der Waals surface area contributed by atoms with Crippen LogP contribution in [0, 0.1) is 6.92 Å². The second kappa shape index (κ2) is 8.82. The zero-order valence-electron chi connectivity index (χ0n) is 16.3. The van der Waals surface area contributed by atoms with Crippen LogP contribution in [0.3, 0.4) is 0 Å². The van der Waals surface area contributed by atoms with E-state index >= 15 is 0 Å². The molecule has 7 heteroatoms. The lowest BCUT2D eigenvalue weighted by Gasteiger charge is -2.24. The van der Waals surface area contributed by atoms with Crippen molar-refractivity contribution < 1.29 is 14.6 Å². The van der Waals surface area contributed by atoms with Gasteiger partial charge in [0.2, 0.25) is 5.88 Å². The molecule has 2 heterocycles. The number of hydrogen-bond donors (Lipinski definition) is 2. The Kier molecular flexibility index (Phi) is 6.23. The predicted molar refractivity (Wildman–Crippen MR) is 108 cm³/mol. The summed E-state index contributed by atoms with van der Waals surface area (Å²) in [5, 5.41) is 6.89. The van der Waals surface area contributed by atoms with Crippen LogP contribution in [0.15, 0.2) is 29.3 Å². The van der Waals surface area contributed by atoms with Crippen molar-refractivity contribution in [1.29, 1.82) is 0 Å². The number of fused-ring (bicyclic) bond motifs is 1. The molecule has 2 aliphatic rings. The maximum Gasteiger partial charge on any atom is 0.290 e. The Morgan fingerprint density at radius 3 is 2.43 bits per heavy atom. The largest absolute Gasteiger partial charge is 0.483 e. The van der Waals surface area contributed by atoms with Gasteiger partial charge in [0.15, 0.2) is 11.5 Å². The van der Waals surface area contributed by atoms with E-state index in [0.717, 1.165) is 11.3 Å². The summed E-state index contributed by atoms with van der Waals surface area (Å²) in [6.07, 6.45) is 6.52. The van der Waals surface area contributed by atoms with Crippen LogP contribution in [0.1, 0.15) is 61.9 Å². The highest BCUT2D eigenvalue weighted by atomic mass is 16.5. The summed E-state index contributed by atoms with van der Waals surface area (Å²) in [6.45, 7) is 3.54. The first kappa shape index (κ1) is 19.8. The zero-order valence-corrected chi connectivity index (χ0v) is 16.3. The second-order valence-corrected chi connectivity index (χ2v) is 7.13. The molecule has 1 aromatic carbocycles. The van der Waals surface area contributed by atoms with E-state index in [1.807, 2.05) is 6.92 Å². The molecule has 0 saturated heterocycles. The fraction of sp³-hybridized carbons (Fsp3) is 0.429. The molecule has 1 aliphatic carbocycles. The first-order valence-corrected chi connectivity index (χ1v) is 9.61. The van der Waals surface area contributed by atoms with Gasteiger partial charge in [0.25, 0.3) is 6.47 Å². The molecule has 1 saturated carbocycles. The van der Waals surface area contributed by atoms with Gasteiger partial charge < -0.3 is 15.6 Å². The summed E-state index contributed by atoms with van der Waals surface area (Å²) in [5.41, 5.74) is 9.93. The molecule has 148 valence electrons. The minimum Gasteiger partial charge on any atom is -0.483 e. The van der Waals surface area contributed by atoms with Crippen molar-refractivity contribution >= 4 is 23.7 Å². The van der Waals surface area contributed by atoms with E-state index in [1.165, 1.54) is 37.7 Å². The van der Waals surface area contributed by atoms with Crippen LogP contribution >= 0.6 is 0 Å². The number of nitrogens with two attached hydrogens (primary N) is 1. The lowest BCUT2D eigenvalue weighted by molar-refractivity contribution is -0.122. The Bertz CT molecular complexity index is 859. The third-order valence-electron chi connectivity index (χ3n) is 5.18. The first-order chi connectivity index (χ1) is 13.5. The molecule has 0 spiro atoms. The number of aromatic nitrogens is 2. The molecule has 4 rings (SSSR count). The highest BCUT2D eigenvalue weighted by Crippen LogP contribution is 2.37. The summed E-state index contributed by atoms with van der Waals surface area (Å²) >= 11 is 0. The average molecular weight is 382 g/mol. The SMILES string of the molecule is Cc1nc(N)c2c(n1)OC(C)C(c1ccc(C3CCCCC3)cc1)=N2.O=CO. The minimum absolute atomic E-state index is 0.165. The number of nitrogens with zero attached hydrogens (tertiary/aromatic N) is 3. The third-order valence-corrected chi connectivity index (χ3v) is 5.18. The number of nitrogen functional groups attached to an aromatic ring is 1. The minimum atomic E-state index is -0.250. The summed E-state index contributed by atoms with van der Waals surface area (Å²) in [5.74, 6) is 2.14. The number of anilines is 1. The van der Waals surface area contributed by atoms with Crippen LogP contribution < -0.4 is 10.5 Å². The van der Waals surface area contributed by atoms with Gasteiger partial charge in [-0.05, 0) is 43.7 Å². The standard InChI is InChI=1S/C20H24N4O.CH2O2/c1-12-17(24-18-19(21)22-13(2)23-20(18)25-12)16-10-8-15(9-11-16)14-6-4-3-5-7-14;2-1-3/h8-12,14H,3-7H2,1-2H3,(H2,21,22,23);1H,(H,2,3). The number of carboxylic acid groups (broad SMARTS) is 1. The molecule has 2 aromatic rings. The van der Waals surface area contributed by atoms with Crippen molar-refractivity contribution in [2.75, 3.05) is 5.73 Å². The van der Waals surface area contributed by atoms with Crippen LogP contribution in [-0.4, -0.2) is 33.4 Å². The van der Waals surface area contributed by atoms with Crippen LogP contribution in [-0.2, 0) is 4.79 Å². The van der Waals surface area contributed by atoms with Gasteiger partial charge in [0.05, 0.1) is 5.71 Å². The topological polar surface area (TPSA) is 111 Å². The van der Waals surface area contributed by atoms with Gasteiger partial charge in [-0.3, -0.25) is 4.79 Å². The molecule has 1 aliphatic heterocycles. The van der Waals surface area contributed by atoms with Gasteiger partial charge >= 0.3 is 0 Å². The molecule has 0 radical (unpaired) electrons. The quantitative estimate of drug-likeness (QED) is 0.759. The van der Waals surface area contributed by atoms with Gasteiger partial charge in [-0.1, -0.05) is 43.5 Å². The molecule has 7 nitrogen and oxygen atoms in total. The molecule has 0 amide bonds. The van der Waals surface area contributed by atoms with Gasteiger partial charge in [-0.25, -0.2) is 9.98 Å². The normalized spacial score (nSPS) is 18.8. The maximum atomic E-state index is 8.36. The van der Waals surface area contributed by atoms with Crippen molar-refractivity contribution in [3.05, 3.63) is 41.2 Å². The Hall–Kier alpha value is -2.96. The summed E-state index contributed by atoms with van der Waals surface area (Å²) < 4.78 is 5.95. The number of aliphatic imine (C=N–C) groups is 1. The predicted octanol–water partition coefficient (Wildman–Crippen LogP) is 4.02. The fourth-order valence-corrected chi connectivity index (χ4v) is 3.84. The smallest absolute Gasteiger partial charge is 0.290 e. The number of benzene rings is 1. The number of rotatable bonds is 2.